The molecule has 0 heterocycles. The Hall–Kier alpha value is -2.81. The molecule has 0 spiro atoms. The molecule has 2 N–H and O–H groups in total. The van der Waals surface area contributed by atoms with Crippen molar-refractivity contribution in [1.29, 1.82) is 0 Å². The Morgan fingerprint density at radius 1 is 0.462 bits per heavy atom. The number of likely N-dealkylation sites (N-methyl/N-ethyl adjacent to an activating group) is 1. The molecule has 1 amide bonds. The number of ether oxygens (including phenoxy) is 1. The van der Waals surface area contributed by atoms with E-state index in [1.165, 1.54) is 173 Å². The molecule has 0 saturated heterocycles. The van der Waals surface area contributed by atoms with Gasteiger partial charge in [-0.1, -0.05) is 267 Å². The average molecular weight is 1110 g/mol. The van der Waals surface area contributed by atoms with Crippen molar-refractivity contribution in [1.82, 2.24) is 5.32 Å². The average Bonchev–Trinajstić information content (AvgIpc) is 3.40. The molecule has 0 radical (unpaired) electrons. The molecule has 78 heavy (non-hydrogen) atoms. The van der Waals surface area contributed by atoms with E-state index in [9.17, 15) is 19.0 Å². The van der Waals surface area contributed by atoms with Crippen LogP contribution in [0.5, 0.6) is 0 Å². The van der Waals surface area contributed by atoms with E-state index in [0.717, 1.165) is 70.6 Å². The zero-order valence-electron chi connectivity index (χ0n) is 51.6. The van der Waals surface area contributed by atoms with Gasteiger partial charge in [0.25, 0.3) is 0 Å². The van der Waals surface area contributed by atoms with E-state index in [1.54, 1.807) is 0 Å². The molecular formula is C68H124N2O7P+. The van der Waals surface area contributed by atoms with E-state index in [-0.39, 0.29) is 37.9 Å². The lowest BCUT2D eigenvalue weighted by Crippen LogP contribution is -2.47. The molecule has 0 fully saturated rings. The van der Waals surface area contributed by atoms with Gasteiger partial charge in [0.05, 0.1) is 33.8 Å². The number of carbonyl (C=O) groups excluding carboxylic acids is 2. The number of hydrogen-bond donors (Lipinski definition) is 2. The highest BCUT2D eigenvalue weighted by Gasteiger charge is 2.30. The smallest absolute Gasteiger partial charge is 0.456 e. The molecule has 0 aromatic carbocycles. The zero-order chi connectivity index (χ0) is 57.2. The van der Waals surface area contributed by atoms with Crippen LogP contribution in [-0.2, 0) is 27.9 Å². The van der Waals surface area contributed by atoms with Gasteiger partial charge in [-0.05, 0) is 89.5 Å². The largest absolute Gasteiger partial charge is 0.472 e. The van der Waals surface area contributed by atoms with Crippen LogP contribution >= 0.6 is 7.82 Å². The summed E-state index contributed by atoms with van der Waals surface area (Å²) in [7, 11) is 1.45. The predicted octanol–water partition coefficient (Wildman–Crippen LogP) is 20.2. The number of unbranched alkanes of at least 4 members (excludes halogenated alkanes) is 30. The number of hydrogen-bond acceptors (Lipinski definition) is 6. The first kappa shape index (κ1) is 75.2. The lowest BCUT2D eigenvalue weighted by atomic mass is 10.0. The minimum atomic E-state index is -4.47. The van der Waals surface area contributed by atoms with E-state index < -0.39 is 20.0 Å². The van der Waals surface area contributed by atoms with Gasteiger partial charge < -0.3 is 19.4 Å². The standard InChI is InChI=1S/C68H123N2O7P/c1-7-10-13-16-19-22-25-27-29-31-32-33-34-35-36-37-38-39-41-43-46-49-52-55-58-61-68(72)77-66(59-56-53-50-47-44-24-21-18-15-12-9-3)65(64-76-78(73,74)75-63-62-70(4,5)6)69-67(71)60-57-54-51-48-45-42-40-30-28-26-23-20-17-14-11-8-2/h11,14,20,23,27-30,42,45,51,54,56,59,65-66H,7-10,12-13,15-19,21-22,24-26,31-41,43-44,46-50,52-53,55,57-58,60-64H2,1-6H3,(H-,69,71,73,74)/p+1/b14-11+,23-20+,29-27+,30-28+,45-42+,54-51+,59-56-. The Morgan fingerprint density at radius 3 is 1.26 bits per heavy atom. The van der Waals surface area contributed by atoms with Crippen LogP contribution < -0.4 is 5.32 Å². The summed E-state index contributed by atoms with van der Waals surface area (Å²) in [5.74, 6) is -0.599. The van der Waals surface area contributed by atoms with Crippen molar-refractivity contribution in [3.8, 4) is 0 Å². The molecular weight excluding hydrogens is 988 g/mol. The molecule has 0 aromatic heterocycles. The second-order valence-electron chi connectivity index (χ2n) is 22.9. The van der Waals surface area contributed by atoms with Crippen LogP contribution in [0.15, 0.2) is 85.1 Å². The van der Waals surface area contributed by atoms with Gasteiger partial charge in [-0.3, -0.25) is 18.6 Å². The normalized spacial score (nSPS) is 14.2. The minimum absolute atomic E-state index is 0.0247. The fraction of sp³-hybridized carbons (Fsp3) is 0.765. The van der Waals surface area contributed by atoms with Crippen LogP contribution in [-0.4, -0.2) is 74.3 Å². The Balaban J connectivity index is 5.14. The summed E-state index contributed by atoms with van der Waals surface area (Å²) in [6.45, 7) is 6.84. The lowest BCUT2D eigenvalue weighted by molar-refractivity contribution is -0.870. The Bertz CT molecular complexity index is 1610. The summed E-state index contributed by atoms with van der Waals surface area (Å²) in [6.07, 6.45) is 76.2. The molecule has 0 saturated carbocycles. The fourth-order valence-electron chi connectivity index (χ4n) is 9.10. The third-order valence-electron chi connectivity index (χ3n) is 14.1. The highest BCUT2D eigenvalue weighted by atomic mass is 31.2. The number of amides is 1. The number of nitrogens with one attached hydrogen (secondary N) is 1. The number of nitrogens with zero attached hydrogens (tertiary/aromatic N) is 1. The van der Waals surface area contributed by atoms with Crippen LogP contribution in [0, 0.1) is 0 Å². The number of allylic oxidation sites excluding steroid dienone is 13. The number of esters is 1. The molecule has 0 aromatic rings. The number of phosphoric ester groups is 1. The topological polar surface area (TPSA) is 111 Å². The maximum Gasteiger partial charge on any atom is 0.472 e. The van der Waals surface area contributed by atoms with Gasteiger partial charge >= 0.3 is 13.8 Å². The van der Waals surface area contributed by atoms with Crippen molar-refractivity contribution in [2.75, 3.05) is 40.9 Å². The lowest BCUT2D eigenvalue weighted by Gasteiger charge is -2.27. The van der Waals surface area contributed by atoms with Crippen LogP contribution in [0.3, 0.4) is 0 Å². The second-order valence-corrected chi connectivity index (χ2v) is 24.4. The van der Waals surface area contributed by atoms with Gasteiger partial charge in [0.2, 0.25) is 5.91 Å². The van der Waals surface area contributed by atoms with Gasteiger partial charge in [0.15, 0.2) is 0 Å². The third kappa shape index (κ3) is 57.9. The van der Waals surface area contributed by atoms with Crippen LogP contribution in [0.25, 0.3) is 0 Å². The minimum Gasteiger partial charge on any atom is -0.456 e. The van der Waals surface area contributed by atoms with E-state index in [4.69, 9.17) is 13.8 Å². The molecule has 452 valence electrons. The van der Waals surface area contributed by atoms with Crippen molar-refractivity contribution < 1.29 is 37.3 Å². The van der Waals surface area contributed by atoms with E-state index in [1.807, 2.05) is 39.4 Å². The van der Waals surface area contributed by atoms with Crippen molar-refractivity contribution in [2.24, 2.45) is 0 Å². The summed E-state index contributed by atoms with van der Waals surface area (Å²) in [6, 6.07) is -0.890. The summed E-state index contributed by atoms with van der Waals surface area (Å²) in [5.41, 5.74) is 0. The summed E-state index contributed by atoms with van der Waals surface area (Å²) in [4.78, 5) is 37.7. The molecule has 0 bridgehead atoms. The molecule has 3 atom stereocenters. The van der Waals surface area contributed by atoms with E-state index in [0.29, 0.717) is 17.4 Å². The first-order valence-electron chi connectivity index (χ1n) is 32.4. The first-order valence-corrected chi connectivity index (χ1v) is 33.9. The van der Waals surface area contributed by atoms with E-state index >= 15 is 0 Å². The fourth-order valence-corrected chi connectivity index (χ4v) is 9.84. The van der Waals surface area contributed by atoms with Crippen LogP contribution in [0.1, 0.15) is 284 Å². The summed E-state index contributed by atoms with van der Waals surface area (Å²) in [5, 5.41) is 3.00. The van der Waals surface area contributed by atoms with Gasteiger partial charge in [-0.15, -0.1) is 0 Å². The molecule has 0 rings (SSSR count). The van der Waals surface area contributed by atoms with Crippen molar-refractivity contribution in [3.05, 3.63) is 85.1 Å². The number of quaternary nitrogens is 1. The second kappa shape index (κ2) is 57.4. The molecule has 0 aliphatic rings. The van der Waals surface area contributed by atoms with Gasteiger partial charge in [0, 0.05) is 12.8 Å². The van der Waals surface area contributed by atoms with Crippen molar-refractivity contribution in [2.45, 2.75) is 296 Å². The van der Waals surface area contributed by atoms with Gasteiger partial charge in [-0.25, -0.2) is 4.57 Å². The molecule has 3 unspecified atom stereocenters. The maximum absolute atomic E-state index is 13.5. The Morgan fingerprint density at radius 2 is 0.833 bits per heavy atom. The zero-order valence-corrected chi connectivity index (χ0v) is 52.5. The number of phosphoric acid groups is 1. The predicted molar refractivity (Wildman–Crippen MR) is 337 cm³/mol. The monoisotopic (exact) mass is 1110 g/mol. The van der Waals surface area contributed by atoms with E-state index in [2.05, 4.69) is 92.9 Å². The van der Waals surface area contributed by atoms with Crippen LogP contribution in [0.4, 0.5) is 0 Å². The van der Waals surface area contributed by atoms with Crippen molar-refractivity contribution in [3.63, 3.8) is 0 Å². The van der Waals surface area contributed by atoms with Crippen LogP contribution in [0.2, 0.25) is 0 Å². The van der Waals surface area contributed by atoms with Crippen molar-refractivity contribution >= 4 is 19.7 Å². The number of rotatable bonds is 58. The van der Waals surface area contributed by atoms with Gasteiger partial charge in [-0.2, -0.15) is 0 Å². The number of carbonyl (C=O) groups is 2. The summed E-state index contributed by atoms with van der Waals surface area (Å²) < 4.78 is 30.6. The maximum atomic E-state index is 13.5. The van der Waals surface area contributed by atoms with Gasteiger partial charge in [0.1, 0.15) is 19.3 Å². The molecule has 0 aliphatic heterocycles. The third-order valence-corrected chi connectivity index (χ3v) is 15.1. The molecule has 0 aliphatic carbocycles. The SMILES string of the molecule is CC/C=C/C/C=C/C/C=C/C/C=C/C/C=C/CCC(=O)NC(COP(=O)(O)OCC[N+](C)(C)C)C(/C=C\CCCCCCCCCCC)OC(=O)CCCCCCCCCCCCCCCCC/C=C/CCCCCCCC. The summed E-state index contributed by atoms with van der Waals surface area (Å²) >= 11 is 0. The Labute approximate surface area is 482 Å². The first-order chi connectivity index (χ1) is 37.9. The molecule has 10 heteroatoms. The Kier molecular flexibility index (Phi) is 55.4. The quantitative estimate of drug-likeness (QED) is 0.0205. The highest BCUT2D eigenvalue weighted by Crippen LogP contribution is 2.43. The molecule has 9 nitrogen and oxygen atoms in total. The highest BCUT2D eigenvalue weighted by molar-refractivity contribution is 7.47.